The first-order valence-electron chi connectivity index (χ1n) is 5.37. The van der Waals surface area contributed by atoms with Crippen LogP contribution in [0.3, 0.4) is 0 Å². The highest BCUT2D eigenvalue weighted by atomic mass is 16.2. The Kier molecular flexibility index (Phi) is 2.83. The topological polar surface area (TPSA) is 32.3 Å². The molecule has 2 fully saturated rings. The lowest BCUT2D eigenvalue weighted by Crippen LogP contribution is -2.41. The molecule has 1 saturated heterocycles. The van der Waals surface area contributed by atoms with Crippen molar-refractivity contribution in [2.45, 2.75) is 38.1 Å². The fourth-order valence-electron chi connectivity index (χ4n) is 1.77. The Balaban J connectivity index is 1.67. The number of rotatable bonds is 3. The lowest BCUT2D eigenvalue weighted by atomic mass is 10.1. The zero-order valence-corrected chi connectivity index (χ0v) is 8.09. The quantitative estimate of drug-likeness (QED) is 0.698. The summed E-state index contributed by atoms with van der Waals surface area (Å²) in [4.78, 5) is 13.6. The first-order chi connectivity index (χ1) is 6.36. The Labute approximate surface area is 79.5 Å². The average molecular weight is 182 g/mol. The van der Waals surface area contributed by atoms with Crippen LogP contribution in [0.1, 0.15) is 32.1 Å². The summed E-state index contributed by atoms with van der Waals surface area (Å²) < 4.78 is 0. The average Bonchev–Trinajstić information content (AvgIpc) is 2.99. The maximum Gasteiger partial charge on any atom is 0.236 e. The highest BCUT2D eigenvalue weighted by Crippen LogP contribution is 2.18. The van der Waals surface area contributed by atoms with E-state index in [0.717, 1.165) is 13.1 Å². The van der Waals surface area contributed by atoms with Gasteiger partial charge in [-0.25, -0.2) is 0 Å². The van der Waals surface area contributed by atoms with Gasteiger partial charge in [0.2, 0.25) is 5.91 Å². The fourth-order valence-corrected chi connectivity index (χ4v) is 1.77. The zero-order chi connectivity index (χ0) is 9.10. The number of nitrogens with one attached hydrogen (secondary N) is 1. The Morgan fingerprint density at radius 1 is 1.23 bits per heavy atom. The van der Waals surface area contributed by atoms with E-state index in [2.05, 4.69) is 5.32 Å². The van der Waals surface area contributed by atoms with Gasteiger partial charge in [-0.2, -0.15) is 0 Å². The summed E-state index contributed by atoms with van der Waals surface area (Å²) in [5, 5.41) is 3.26. The van der Waals surface area contributed by atoms with Gasteiger partial charge in [-0.15, -0.1) is 0 Å². The first-order valence-corrected chi connectivity index (χ1v) is 5.37. The highest BCUT2D eigenvalue weighted by Gasteiger charge is 2.23. The van der Waals surface area contributed by atoms with Crippen LogP contribution < -0.4 is 5.32 Å². The molecule has 1 aliphatic heterocycles. The summed E-state index contributed by atoms with van der Waals surface area (Å²) in [6, 6.07) is 0.647. The molecule has 0 radical (unpaired) electrons. The van der Waals surface area contributed by atoms with E-state index in [1.807, 2.05) is 4.90 Å². The number of nitrogens with zero attached hydrogens (tertiary/aromatic N) is 1. The van der Waals surface area contributed by atoms with E-state index in [1.165, 1.54) is 32.1 Å². The number of carbonyl (C=O) groups excluding carboxylic acids is 1. The number of carbonyl (C=O) groups is 1. The Morgan fingerprint density at radius 3 is 2.54 bits per heavy atom. The molecule has 1 aliphatic carbocycles. The van der Waals surface area contributed by atoms with Crippen LogP contribution in [0.5, 0.6) is 0 Å². The standard InChI is InChI=1S/C10H18N2O/c13-10(8-11-9-4-5-9)12-6-2-1-3-7-12/h9,11H,1-8H2. The van der Waals surface area contributed by atoms with E-state index < -0.39 is 0 Å². The van der Waals surface area contributed by atoms with Crippen molar-refractivity contribution in [1.82, 2.24) is 10.2 Å². The number of hydrogen-bond acceptors (Lipinski definition) is 2. The van der Waals surface area contributed by atoms with Crippen LogP contribution >= 0.6 is 0 Å². The maximum atomic E-state index is 11.6. The second kappa shape index (κ2) is 4.09. The smallest absolute Gasteiger partial charge is 0.236 e. The lowest BCUT2D eigenvalue weighted by molar-refractivity contribution is -0.131. The van der Waals surface area contributed by atoms with Gasteiger partial charge < -0.3 is 10.2 Å². The molecule has 0 unspecified atom stereocenters. The predicted molar refractivity (Wildman–Crippen MR) is 51.5 cm³/mol. The predicted octanol–water partition coefficient (Wildman–Crippen LogP) is 0.751. The van der Waals surface area contributed by atoms with Gasteiger partial charge in [0, 0.05) is 19.1 Å². The Hall–Kier alpha value is -0.570. The van der Waals surface area contributed by atoms with E-state index in [4.69, 9.17) is 0 Å². The van der Waals surface area contributed by atoms with Crippen LogP contribution in [-0.2, 0) is 4.79 Å². The molecule has 0 atom stereocenters. The summed E-state index contributed by atoms with van der Waals surface area (Å²) in [6.07, 6.45) is 6.19. The summed E-state index contributed by atoms with van der Waals surface area (Å²) in [5.41, 5.74) is 0. The molecule has 74 valence electrons. The molecule has 1 N–H and O–H groups in total. The minimum atomic E-state index is 0.298. The van der Waals surface area contributed by atoms with Crippen LogP contribution in [0, 0.1) is 0 Å². The Morgan fingerprint density at radius 2 is 1.92 bits per heavy atom. The molecule has 0 aromatic heterocycles. The lowest BCUT2D eigenvalue weighted by Gasteiger charge is -2.26. The molecule has 0 spiro atoms. The minimum absolute atomic E-state index is 0.298. The minimum Gasteiger partial charge on any atom is -0.342 e. The second-order valence-corrected chi connectivity index (χ2v) is 4.10. The number of likely N-dealkylation sites (tertiary alicyclic amines) is 1. The molecule has 1 saturated carbocycles. The maximum absolute atomic E-state index is 11.6. The SMILES string of the molecule is O=C(CNC1CC1)N1CCCCC1. The molecule has 2 rings (SSSR count). The van der Waals surface area contributed by atoms with Gasteiger partial charge in [0.1, 0.15) is 0 Å². The van der Waals surface area contributed by atoms with Crippen molar-refractivity contribution < 1.29 is 4.79 Å². The van der Waals surface area contributed by atoms with Crippen LogP contribution in [0.25, 0.3) is 0 Å². The van der Waals surface area contributed by atoms with Crippen molar-refractivity contribution in [3.8, 4) is 0 Å². The second-order valence-electron chi connectivity index (χ2n) is 4.10. The van der Waals surface area contributed by atoms with E-state index in [0.29, 0.717) is 18.5 Å². The van der Waals surface area contributed by atoms with Crippen molar-refractivity contribution in [1.29, 1.82) is 0 Å². The number of piperidine rings is 1. The highest BCUT2D eigenvalue weighted by molar-refractivity contribution is 5.78. The van der Waals surface area contributed by atoms with E-state index in [-0.39, 0.29) is 0 Å². The van der Waals surface area contributed by atoms with Crippen molar-refractivity contribution in [3.05, 3.63) is 0 Å². The van der Waals surface area contributed by atoms with Gasteiger partial charge >= 0.3 is 0 Å². The molecule has 1 amide bonds. The van der Waals surface area contributed by atoms with Crippen LogP contribution in [-0.4, -0.2) is 36.5 Å². The molecular weight excluding hydrogens is 164 g/mol. The van der Waals surface area contributed by atoms with Gasteiger partial charge in [0.15, 0.2) is 0 Å². The van der Waals surface area contributed by atoms with Gasteiger partial charge in [0.25, 0.3) is 0 Å². The fraction of sp³-hybridized carbons (Fsp3) is 0.900. The summed E-state index contributed by atoms with van der Waals surface area (Å²) >= 11 is 0. The molecule has 2 aliphatic rings. The van der Waals surface area contributed by atoms with Crippen molar-refractivity contribution in [3.63, 3.8) is 0 Å². The van der Waals surface area contributed by atoms with E-state index in [9.17, 15) is 4.79 Å². The van der Waals surface area contributed by atoms with Crippen LogP contribution in [0.15, 0.2) is 0 Å². The van der Waals surface area contributed by atoms with E-state index >= 15 is 0 Å². The monoisotopic (exact) mass is 182 g/mol. The normalized spacial score (nSPS) is 23.2. The van der Waals surface area contributed by atoms with Crippen molar-refractivity contribution >= 4 is 5.91 Å². The zero-order valence-electron chi connectivity index (χ0n) is 8.09. The van der Waals surface area contributed by atoms with Crippen LogP contribution in [0.2, 0.25) is 0 Å². The van der Waals surface area contributed by atoms with Gasteiger partial charge in [-0.3, -0.25) is 4.79 Å². The molecule has 0 bridgehead atoms. The van der Waals surface area contributed by atoms with Crippen molar-refractivity contribution in [2.75, 3.05) is 19.6 Å². The molecule has 3 nitrogen and oxygen atoms in total. The van der Waals surface area contributed by atoms with Crippen molar-refractivity contribution in [2.24, 2.45) is 0 Å². The first kappa shape index (κ1) is 9.00. The summed E-state index contributed by atoms with van der Waals surface area (Å²) in [6.45, 7) is 2.51. The summed E-state index contributed by atoms with van der Waals surface area (Å²) in [5.74, 6) is 0.298. The summed E-state index contributed by atoms with van der Waals surface area (Å²) in [7, 11) is 0. The largest absolute Gasteiger partial charge is 0.342 e. The van der Waals surface area contributed by atoms with Crippen LogP contribution in [0.4, 0.5) is 0 Å². The molecule has 3 heteroatoms. The molecular formula is C10H18N2O. The molecule has 1 heterocycles. The molecule has 0 aromatic rings. The number of amides is 1. The van der Waals surface area contributed by atoms with Gasteiger partial charge in [0.05, 0.1) is 6.54 Å². The third-order valence-electron chi connectivity index (χ3n) is 2.83. The number of hydrogen-bond donors (Lipinski definition) is 1. The molecule has 0 aromatic carbocycles. The third kappa shape index (κ3) is 2.69. The van der Waals surface area contributed by atoms with Gasteiger partial charge in [-0.05, 0) is 32.1 Å². The van der Waals surface area contributed by atoms with Gasteiger partial charge in [-0.1, -0.05) is 0 Å². The third-order valence-corrected chi connectivity index (χ3v) is 2.83. The molecule has 13 heavy (non-hydrogen) atoms. The Bertz CT molecular complexity index is 183. The van der Waals surface area contributed by atoms with E-state index in [1.54, 1.807) is 0 Å².